The van der Waals surface area contributed by atoms with E-state index in [0.717, 1.165) is 55.5 Å². The number of hydrogen-bond donors (Lipinski definition) is 2. The second-order valence-electron chi connectivity index (χ2n) is 7.40. The summed E-state index contributed by atoms with van der Waals surface area (Å²) < 4.78 is 14.5. The molecule has 2 aromatic rings. The van der Waals surface area contributed by atoms with Crippen molar-refractivity contribution in [1.82, 2.24) is 19.8 Å². The van der Waals surface area contributed by atoms with Crippen LogP contribution in [0.15, 0.2) is 24.3 Å². The first-order valence-electron chi connectivity index (χ1n) is 10.3. The number of amides is 3. The first-order valence-corrected chi connectivity index (χ1v) is 11.1. The van der Waals surface area contributed by atoms with Gasteiger partial charge in [-0.3, -0.25) is 10.1 Å². The Morgan fingerprint density at radius 3 is 2.68 bits per heavy atom. The highest BCUT2D eigenvalue weighted by atomic mass is 32.1. The number of nitrogens with one attached hydrogen (secondary N) is 2. The van der Waals surface area contributed by atoms with Crippen molar-refractivity contribution in [3.63, 3.8) is 0 Å². The van der Waals surface area contributed by atoms with E-state index in [-0.39, 0.29) is 23.7 Å². The highest BCUT2D eigenvalue weighted by Gasteiger charge is 2.25. The lowest BCUT2D eigenvalue weighted by atomic mass is 10.2. The van der Waals surface area contributed by atoms with Crippen molar-refractivity contribution in [1.29, 1.82) is 0 Å². The Hall–Kier alpha value is -2.92. The molecule has 0 bridgehead atoms. The molecule has 166 valence electrons. The van der Waals surface area contributed by atoms with Gasteiger partial charge >= 0.3 is 6.03 Å². The van der Waals surface area contributed by atoms with Gasteiger partial charge in [-0.15, -0.1) is 5.10 Å². The number of rotatable bonds is 6. The number of hydrogen-bond acceptors (Lipinski definition) is 8. The quantitative estimate of drug-likeness (QED) is 0.697. The van der Waals surface area contributed by atoms with Crippen LogP contribution >= 0.6 is 11.5 Å². The molecule has 2 aliphatic rings. The minimum atomic E-state index is -0.358. The molecule has 2 saturated heterocycles. The van der Waals surface area contributed by atoms with Gasteiger partial charge in [0.25, 0.3) is 5.91 Å². The van der Waals surface area contributed by atoms with Crippen LogP contribution in [-0.2, 0) is 4.74 Å². The van der Waals surface area contributed by atoms with Crippen LogP contribution in [0.2, 0.25) is 0 Å². The lowest BCUT2D eigenvalue weighted by molar-refractivity contribution is 0.0854. The van der Waals surface area contributed by atoms with Gasteiger partial charge in [0.15, 0.2) is 10.7 Å². The van der Waals surface area contributed by atoms with E-state index in [2.05, 4.69) is 25.1 Å². The summed E-state index contributed by atoms with van der Waals surface area (Å²) in [5.41, 5.74) is 1.23. The number of anilines is 2. The fourth-order valence-corrected chi connectivity index (χ4v) is 4.21. The molecule has 2 aliphatic heterocycles. The van der Waals surface area contributed by atoms with Crippen molar-refractivity contribution in [2.45, 2.75) is 18.9 Å². The van der Waals surface area contributed by atoms with Crippen molar-refractivity contribution < 1.29 is 19.1 Å². The van der Waals surface area contributed by atoms with Crippen LogP contribution in [0.25, 0.3) is 0 Å². The maximum Gasteiger partial charge on any atom is 0.322 e. The fourth-order valence-electron chi connectivity index (χ4n) is 3.65. The molecule has 1 aromatic heterocycles. The molecule has 4 rings (SSSR count). The van der Waals surface area contributed by atoms with Gasteiger partial charge in [-0.05, 0) is 37.1 Å². The van der Waals surface area contributed by atoms with Gasteiger partial charge in [-0.25, -0.2) is 4.79 Å². The predicted molar refractivity (Wildman–Crippen MR) is 117 cm³/mol. The molecule has 1 atom stereocenters. The van der Waals surface area contributed by atoms with Gasteiger partial charge in [-0.2, -0.15) is 0 Å². The van der Waals surface area contributed by atoms with Crippen LogP contribution in [0.1, 0.15) is 23.3 Å². The number of ether oxygens (including phenoxy) is 2. The Bertz CT molecular complexity index is 891. The third-order valence-corrected chi connectivity index (χ3v) is 6.08. The van der Waals surface area contributed by atoms with E-state index in [1.807, 2.05) is 24.3 Å². The summed E-state index contributed by atoms with van der Waals surface area (Å²) in [4.78, 5) is 29.1. The van der Waals surface area contributed by atoms with E-state index >= 15 is 0 Å². The maximum atomic E-state index is 12.7. The number of benzene rings is 1. The molecule has 3 heterocycles. The van der Waals surface area contributed by atoms with E-state index < -0.39 is 0 Å². The molecular weight excluding hydrogens is 420 g/mol. The fraction of sp³-hybridized carbons (Fsp3) is 0.500. The molecule has 3 amide bonds. The standard InChI is InChI=1S/C20H26N6O4S/c1-29-15-6-4-14(5-7-15)25-8-10-26(11-9-25)20(28)22-19-17(23-24-31-19)18(27)21-13-16-3-2-12-30-16/h4-7,16H,2-3,8-13H2,1H3,(H,21,27)(H,22,28)/t16-/m1/s1. The van der Waals surface area contributed by atoms with E-state index in [1.54, 1.807) is 12.0 Å². The SMILES string of the molecule is COc1ccc(N2CCN(C(=O)Nc3snnc3C(=O)NC[C@H]3CCCO3)CC2)cc1. The van der Waals surface area contributed by atoms with Gasteiger partial charge in [0, 0.05) is 56.6 Å². The minimum absolute atomic E-state index is 0.0376. The number of aromatic nitrogens is 2. The summed E-state index contributed by atoms with van der Waals surface area (Å²) in [6.45, 7) is 3.74. The third-order valence-electron chi connectivity index (χ3n) is 5.44. The molecule has 2 N–H and O–H groups in total. The summed E-state index contributed by atoms with van der Waals surface area (Å²) in [6.07, 6.45) is 1.98. The molecule has 0 radical (unpaired) electrons. The van der Waals surface area contributed by atoms with Crippen molar-refractivity contribution in [3.05, 3.63) is 30.0 Å². The van der Waals surface area contributed by atoms with E-state index in [4.69, 9.17) is 9.47 Å². The minimum Gasteiger partial charge on any atom is -0.497 e. The first kappa shape index (κ1) is 21.3. The highest BCUT2D eigenvalue weighted by Crippen LogP contribution is 2.22. The van der Waals surface area contributed by atoms with Gasteiger partial charge < -0.3 is 24.6 Å². The monoisotopic (exact) mass is 446 g/mol. The predicted octanol–water partition coefficient (Wildman–Crippen LogP) is 1.81. The largest absolute Gasteiger partial charge is 0.497 e. The van der Waals surface area contributed by atoms with Crippen LogP contribution in [0.5, 0.6) is 5.75 Å². The van der Waals surface area contributed by atoms with Crippen LogP contribution < -0.4 is 20.3 Å². The van der Waals surface area contributed by atoms with Crippen LogP contribution in [0, 0.1) is 0 Å². The van der Waals surface area contributed by atoms with Crippen LogP contribution in [-0.4, -0.2) is 79.0 Å². The average Bonchev–Trinajstić information content (AvgIpc) is 3.50. The van der Waals surface area contributed by atoms with Gasteiger partial charge in [0.2, 0.25) is 0 Å². The Morgan fingerprint density at radius 2 is 2.00 bits per heavy atom. The smallest absolute Gasteiger partial charge is 0.322 e. The first-order chi connectivity index (χ1) is 15.1. The Balaban J connectivity index is 1.28. The van der Waals surface area contributed by atoms with Crippen molar-refractivity contribution >= 4 is 34.2 Å². The molecule has 0 spiro atoms. The molecule has 2 fully saturated rings. The lowest BCUT2D eigenvalue weighted by Crippen LogP contribution is -2.50. The molecule has 0 saturated carbocycles. The topological polar surface area (TPSA) is 109 Å². The van der Waals surface area contributed by atoms with E-state index in [1.165, 1.54) is 0 Å². The zero-order valence-corrected chi connectivity index (χ0v) is 18.2. The van der Waals surface area contributed by atoms with Crippen molar-refractivity contribution in [3.8, 4) is 5.75 Å². The number of nitrogens with zero attached hydrogens (tertiary/aromatic N) is 4. The summed E-state index contributed by atoms with van der Waals surface area (Å²) >= 11 is 0.995. The van der Waals surface area contributed by atoms with Gasteiger partial charge in [0.1, 0.15) is 5.75 Å². The summed E-state index contributed by atoms with van der Waals surface area (Å²) in [5, 5.41) is 9.85. The summed E-state index contributed by atoms with van der Waals surface area (Å²) in [5.74, 6) is 0.458. The van der Waals surface area contributed by atoms with Gasteiger partial charge in [0.05, 0.1) is 13.2 Å². The highest BCUT2D eigenvalue weighted by molar-refractivity contribution is 7.10. The maximum absolute atomic E-state index is 12.7. The summed E-state index contributed by atoms with van der Waals surface area (Å²) in [6, 6.07) is 7.62. The Morgan fingerprint density at radius 1 is 1.23 bits per heavy atom. The second-order valence-corrected chi connectivity index (χ2v) is 8.15. The van der Waals surface area contributed by atoms with Crippen LogP contribution in [0.3, 0.4) is 0 Å². The molecule has 0 aliphatic carbocycles. The summed E-state index contributed by atoms with van der Waals surface area (Å²) in [7, 11) is 1.64. The molecule has 1 aromatic carbocycles. The molecule has 31 heavy (non-hydrogen) atoms. The molecular formula is C20H26N6O4S. The second kappa shape index (κ2) is 9.92. The number of methoxy groups -OCH3 is 1. The normalized spacial score (nSPS) is 18.7. The number of carbonyl (C=O) groups is 2. The number of carbonyl (C=O) groups excluding carboxylic acids is 2. The third kappa shape index (κ3) is 5.23. The lowest BCUT2D eigenvalue weighted by Gasteiger charge is -2.36. The van der Waals surface area contributed by atoms with Crippen molar-refractivity contribution in [2.24, 2.45) is 0 Å². The Kier molecular flexibility index (Phi) is 6.82. The molecule has 11 heteroatoms. The Labute approximate surface area is 184 Å². The number of piperazine rings is 1. The van der Waals surface area contributed by atoms with E-state index in [0.29, 0.717) is 24.6 Å². The zero-order valence-electron chi connectivity index (χ0n) is 17.4. The van der Waals surface area contributed by atoms with Gasteiger partial charge in [-0.1, -0.05) is 4.49 Å². The number of urea groups is 1. The molecule has 10 nitrogen and oxygen atoms in total. The molecule has 0 unspecified atom stereocenters. The van der Waals surface area contributed by atoms with E-state index in [9.17, 15) is 9.59 Å². The van der Waals surface area contributed by atoms with Crippen molar-refractivity contribution in [2.75, 3.05) is 56.7 Å². The van der Waals surface area contributed by atoms with Crippen LogP contribution in [0.4, 0.5) is 15.5 Å². The average molecular weight is 447 g/mol. The zero-order chi connectivity index (χ0) is 21.6.